The average Bonchev–Trinajstić information content (AvgIpc) is 2.64. The summed E-state index contributed by atoms with van der Waals surface area (Å²) in [6.07, 6.45) is 1.25. The van der Waals surface area contributed by atoms with E-state index in [1.807, 2.05) is 0 Å². The standard InChI is InChI=1S/C19H14Cl2N2O5/c1-9-12(20)4-3-5-14(9)23-18(26)11(17(25)22-19(23)27)6-10-7-13(21)16(24)15(8-10)28-2/h3-8,24H,1-2H3,(H,22,25,27)/b11-6+. The molecule has 2 N–H and O–H groups in total. The van der Waals surface area contributed by atoms with Gasteiger partial charge in [-0.1, -0.05) is 29.3 Å². The first-order valence-electron chi connectivity index (χ1n) is 7.97. The fraction of sp³-hybridized carbons (Fsp3) is 0.105. The number of carbonyl (C=O) groups excluding carboxylic acids is 3. The molecule has 4 amide bonds. The molecule has 0 radical (unpaired) electrons. The second kappa shape index (κ2) is 7.53. The van der Waals surface area contributed by atoms with E-state index in [9.17, 15) is 19.5 Å². The molecule has 0 aliphatic carbocycles. The summed E-state index contributed by atoms with van der Waals surface area (Å²) in [6.45, 7) is 1.66. The first kappa shape index (κ1) is 19.7. The summed E-state index contributed by atoms with van der Waals surface area (Å²) in [7, 11) is 1.34. The number of benzene rings is 2. The van der Waals surface area contributed by atoms with E-state index in [1.54, 1.807) is 25.1 Å². The molecule has 1 aliphatic heterocycles. The van der Waals surface area contributed by atoms with Crippen molar-refractivity contribution in [2.24, 2.45) is 0 Å². The van der Waals surface area contributed by atoms with E-state index in [4.69, 9.17) is 27.9 Å². The third-order valence-electron chi connectivity index (χ3n) is 4.16. The number of nitrogens with one attached hydrogen (secondary N) is 1. The lowest BCUT2D eigenvalue weighted by Gasteiger charge is -2.27. The van der Waals surface area contributed by atoms with Crippen molar-refractivity contribution < 1.29 is 24.2 Å². The van der Waals surface area contributed by atoms with Gasteiger partial charge in [-0.25, -0.2) is 9.69 Å². The van der Waals surface area contributed by atoms with Crippen LogP contribution in [0.1, 0.15) is 11.1 Å². The van der Waals surface area contributed by atoms with Gasteiger partial charge in [0.15, 0.2) is 11.5 Å². The van der Waals surface area contributed by atoms with Crippen LogP contribution in [0.25, 0.3) is 6.08 Å². The summed E-state index contributed by atoms with van der Waals surface area (Å²) in [6, 6.07) is 6.65. The number of anilines is 1. The Morgan fingerprint density at radius 2 is 1.86 bits per heavy atom. The average molecular weight is 421 g/mol. The molecule has 28 heavy (non-hydrogen) atoms. The number of barbiturate groups is 1. The Balaban J connectivity index is 2.09. The SMILES string of the molecule is COc1cc(/C=C2\C(=O)NC(=O)N(c3cccc(Cl)c3C)C2=O)cc(Cl)c1O. The van der Waals surface area contributed by atoms with Crippen LogP contribution in [0.4, 0.5) is 10.5 Å². The number of hydrogen-bond acceptors (Lipinski definition) is 5. The molecule has 2 aromatic carbocycles. The fourth-order valence-corrected chi connectivity index (χ4v) is 3.10. The third kappa shape index (κ3) is 3.42. The Labute approximate surface area is 170 Å². The Morgan fingerprint density at radius 3 is 2.54 bits per heavy atom. The lowest BCUT2D eigenvalue weighted by molar-refractivity contribution is -0.122. The van der Waals surface area contributed by atoms with Crippen LogP contribution < -0.4 is 15.0 Å². The molecule has 0 aromatic heterocycles. The van der Waals surface area contributed by atoms with Crippen molar-refractivity contribution in [3.05, 3.63) is 57.1 Å². The molecule has 0 atom stereocenters. The second-order valence-corrected chi connectivity index (χ2v) is 6.71. The predicted octanol–water partition coefficient (Wildman–Crippen LogP) is 3.68. The molecule has 144 valence electrons. The lowest BCUT2D eigenvalue weighted by atomic mass is 10.1. The topological polar surface area (TPSA) is 95.9 Å². The predicted molar refractivity (Wildman–Crippen MR) is 105 cm³/mol. The van der Waals surface area contributed by atoms with Gasteiger partial charge < -0.3 is 9.84 Å². The molecule has 9 heteroatoms. The van der Waals surface area contributed by atoms with Gasteiger partial charge in [0.1, 0.15) is 5.57 Å². The van der Waals surface area contributed by atoms with Crippen LogP contribution in [0, 0.1) is 6.92 Å². The molecule has 0 spiro atoms. The molecule has 2 aromatic rings. The second-order valence-electron chi connectivity index (χ2n) is 5.90. The number of carbonyl (C=O) groups is 3. The normalized spacial score (nSPS) is 15.8. The summed E-state index contributed by atoms with van der Waals surface area (Å²) in [5.74, 6) is -1.87. The Hall–Kier alpha value is -3.03. The lowest BCUT2D eigenvalue weighted by Crippen LogP contribution is -2.54. The summed E-state index contributed by atoms with van der Waals surface area (Å²) in [5, 5.41) is 12.3. The first-order chi connectivity index (χ1) is 13.2. The molecule has 0 unspecified atom stereocenters. The van der Waals surface area contributed by atoms with Crippen molar-refractivity contribution in [2.45, 2.75) is 6.92 Å². The number of phenolic OH excluding ortho intramolecular Hbond substituents is 1. The maximum Gasteiger partial charge on any atom is 0.335 e. The van der Waals surface area contributed by atoms with E-state index < -0.39 is 17.8 Å². The number of ether oxygens (including phenoxy) is 1. The van der Waals surface area contributed by atoms with Crippen molar-refractivity contribution >= 4 is 52.8 Å². The quantitative estimate of drug-likeness (QED) is 0.582. The first-order valence-corrected chi connectivity index (χ1v) is 8.73. The van der Waals surface area contributed by atoms with E-state index in [1.165, 1.54) is 25.3 Å². The number of phenols is 1. The smallest absolute Gasteiger partial charge is 0.335 e. The Morgan fingerprint density at radius 1 is 1.14 bits per heavy atom. The number of imide groups is 2. The van der Waals surface area contributed by atoms with Gasteiger partial charge in [-0.2, -0.15) is 0 Å². The van der Waals surface area contributed by atoms with Crippen molar-refractivity contribution in [2.75, 3.05) is 12.0 Å². The van der Waals surface area contributed by atoms with Crippen LogP contribution in [0.5, 0.6) is 11.5 Å². The summed E-state index contributed by atoms with van der Waals surface area (Å²) in [4.78, 5) is 38.4. The maximum absolute atomic E-state index is 12.9. The highest BCUT2D eigenvalue weighted by atomic mass is 35.5. The highest BCUT2D eigenvalue weighted by Gasteiger charge is 2.37. The largest absolute Gasteiger partial charge is 0.503 e. The van der Waals surface area contributed by atoms with Crippen LogP contribution >= 0.6 is 23.2 Å². The van der Waals surface area contributed by atoms with Crippen molar-refractivity contribution in [1.29, 1.82) is 0 Å². The number of rotatable bonds is 3. The zero-order chi connectivity index (χ0) is 20.6. The van der Waals surface area contributed by atoms with E-state index in [0.29, 0.717) is 16.1 Å². The van der Waals surface area contributed by atoms with E-state index in [0.717, 1.165) is 4.90 Å². The number of urea groups is 1. The summed E-state index contributed by atoms with van der Waals surface area (Å²) >= 11 is 12.0. The highest BCUT2D eigenvalue weighted by molar-refractivity contribution is 6.40. The minimum absolute atomic E-state index is 0.0199. The van der Waals surface area contributed by atoms with Gasteiger partial charge in [-0.15, -0.1) is 0 Å². The van der Waals surface area contributed by atoms with Crippen LogP contribution in [0.15, 0.2) is 35.9 Å². The molecular weight excluding hydrogens is 407 g/mol. The molecular formula is C19H14Cl2N2O5. The monoisotopic (exact) mass is 420 g/mol. The van der Waals surface area contributed by atoms with E-state index in [2.05, 4.69) is 5.32 Å². The van der Waals surface area contributed by atoms with Crippen LogP contribution in [0.2, 0.25) is 10.0 Å². The third-order valence-corrected chi connectivity index (χ3v) is 4.86. The molecule has 0 bridgehead atoms. The number of aromatic hydroxyl groups is 1. The molecule has 1 fully saturated rings. The fourth-order valence-electron chi connectivity index (χ4n) is 2.71. The van der Waals surface area contributed by atoms with Gasteiger partial charge in [0, 0.05) is 5.02 Å². The van der Waals surface area contributed by atoms with Crippen molar-refractivity contribution in [1.82, 2.24) is 5.32 Å². The van der Waals surface area contributed by atoms with Gasteiger partial charge >= 0.3 is 6.03 Å². The number of nitrogens with zero attached hydrogens (tertiary/aromatic N) is 1. The van der Waals surface area contributed by atoms with Gasteiger partial charge in [-0.3, -0.25) is 14.9 Å². The van der Waals surface area contributed by atoms with E-state index >= 15 is 0 Å². The zero-order valence-electron chi connectivity index (χ0n) is 14.7. The molecule has 1 aliphatic rings. The van der Waals surface area contributed by atoms with Crippen LogP contribution in [0.3, 0.4) is 0 Å². The summed E-state index contributed by atoms with van der Waals surface area (Å²) in [5.41, 5.74) is 0.809. The maximum atomic E-state index is 12.9. The summed E-state index contributed by atoms with van der Waals surface area (Å²) < 4.78 is 5.02. The van der Waals surface area contributed by atoms with Gasteiger partial charge in [0.25, 0.3) is 11.8 Å². The molecule has 1 heterocycles. The van der Waals surface area contributed by atoms with Crippen LogP contribution in [-0.2, 0) is 9.59 Å². The van der Waals surface area contributed by atoms with Gasteiger partial charge in [0.2, 0.25) is 0 Å². The number of hydrogen-bond donors (Lipinski definition) is 2. The van der Waals surface area contributed by atoms with Crippen LogP contribution in [-0.4, -0.2) is 30.1 Å². The van der Waals surface area contributed by atoms with Crippen molar-refractivity contribution in [3.8, 4) is 11.5 Å². The van der Waals surface area contributed by atoms with Gasteiger partial charge in [-0.05, 0) is 48.4 Å². The zero-order valence-corrected chi connectivity index (χ0v) is 16.3. The number of methoxy groups -OCH3 is 1. The van der Waals surface area contributed by atoms with Crippen molar-refractivity contribution in [3.63, 3.8) is 0 Å². The Bertz CT molecular complexity index is 1050. The Kier molecular flexibility index (Phi) is 5.31. The molecule has 7 nitrogen and oxygen atoms in total. The number of halogens is 2. The minimum Gasteiger partial charge on any atom is -0.503 e. The number of amides is 4. The molecule has 3 rings (SSSR count). The molecule has 1 saturated heterocycles. The molecule has 0 saturated carbocycles. The highest BCUT2D eigenvalue weighted by Crippen LogP contribution is 2.36. The van der Waals surface area contributed by atoms with Gasteiger partial charge in [0.05, 0.1) is 17.8 Å². The minimum atomic E-state index is -0.876. The van der Waals surface area contributed by atoms with E-state index in [-0.39, 0.29) is 27.8 Å².